The van der Waals surface area contributed by atoms with Crippen LogP contribution in [0.25, 0.3) is 0 Å². The van der Waals surface area contributed by atoms with Gasteiger partial charge in [-0.3, -0.25) is 4.52 Å². The molecule has 0 bridgehead atoms. The molecule has 98 valence electrons. The van der Waals surface area contributed by atoms with Gasteiger partial charge in [0.25, 0.3) is 0 Å². The molecule has 0 radical (unpaired) electrons. The van der Waals surface area contributed by atoms with Gasteiger partial charge in [0, 0.05) is 0 Å². The van der Waals surface area contributed by atoms with Gasteiger partial charge in [0.1, 0.15) is 0 Å². The second-order valence-electron chi connectivity index (χ2n) is 5.18. The molecule has 0 rings (SSSR count). The highest BCUT2D eigenvalue weighted by Crippen LogP contribution is 2.49. The van der Waals surface area contributed by atoms with Crippen LogP contribution in [0.2, 0.25) is 0 Å². The molecule has 0 aliphatic heterocycles. The first-order chi connectivity index (χ1) is 7.04. The smallest absolute Gasteiger partial charge is 0.303 e. The first-order valence-electron chi connectivity index (χ1n) is 5.80. The molecule has 0 aromatic carbocycles. The van der Waals surface area contributed by atoms with Gasteiger partial charge in [0.2, 0.25) is 0 Å². The Bertz CT molecular complexity index is 259. The van der Waals surface area contributed by atoms with Crippen LogP contribution in [-0.4, -0.2) is 15.4 Å². The lowest BCUT2D eigenvalue weighted by molar-refractivity contribution is -0.0549. The summed E-state index contributed by atoms with van der Waals surface area (Å²) in [5, 5.41) is 0. The van der Waals surface area contributed by atoms with Crippen molar-refractivity contribution in [1.82, 2.24) is 0 Å². The van der Waals surface area contributed by atoms with Crippen LogP contribution in [0, 0.1) is 17.8 Å². The Balaban J connectivity index is 5.16. The summed E-state index contributed by atoms with van der Waals surface area (Å²) in [5.74, 6) is 0.497. The van der Waals surface area contributed by atoms with Gasteiger partial charge in [-0.25, -0.2) is 4.57 Å². The summed E-state index contributed by atoms with van der Waals surface area (Å²) in [6.45, 7) is 11.8. The van der Waals surface area contributed by atoms with Gasteiger partial charge < -0.3 is 9.79 Å². The molecule has 16 heavy (non-hydrogen) atoms. The van der Waals surface area contributed by atoms with Crippen LogP contribution in [0.1, 0.15) is 48.0 Å². The van der Waals surface area contributed by atoms with Gasteiger partial charge in [-0.15, -0.1) is 0 Å². The van der Waals surface area contributed by atoms with Crippen LogP contribution in [0.4, 0.5) is 0 Å². The van der Waals surface area contributed by atoms with E-state index in [0.717, 1.165) is 6.42 Å². The Morgan fingerprint density at radius 1 is 1.25 bits per heavy atom. The molecule has 0 aromatic rings. The van der Waals surface area contributed by atoms with Crippen LogP contribution in [0.5, 0.6) is 0 Å². The highest BCUT2D eigenvalue weighted by Gasteiger charge is 2.43. The van der Waals surface area contributed by atoms with Crippen molar-refractivity contribution in [3.8, 4) is 0 Å². The van der Waals surface area contributed by atoms with Crippen molar-refractivity contribution < 1.29 is 18.9 Å². The molecular weight excluding hydrogens is 227 g/mol. The van der Waals surface area contributed by atoms with Crippen molar-refractivity contribution >= 4 is 7.82 Å². The van der Waals surface area contributed by atoms with Gasteiger partial charge >= 0.3 is 7.82 Å². The summed E-state index contributed by atoms with van der Waals surface area (Å²) < 4.78 is 16.1. The summed E-state index contributed by atoms with van der Waals surface area (Å²) >= 11 is 0. The molecule has 0 aliphatic carbocycles. The molecule has 0 saturated carbocycles. The zero-order valence-electron chi connectivity index (χ0n) is 11.1. The minimum Gasteiger partial charge on any atom is -0.303 e. The van der Waals surface area contributed by atoms with E-state index in [9.17, 15) is 4.57 Å². The predicted octanol–water partition coefficient (Wildman–Crippen LogP) is 3.19. The van der Waals surface area contributed by atoms with E-state index in [2.05, 4.69) is 13.8 Å². The molecular formula is C11H25O4P. The van der Waals surface area contributed by atoms with E-state index in [1.165, 1.54) is 0 Å². The molecule has 0 aromatic heterocycles. The lowest BCUT2D eigenvalue weighted by atomic mass is 9.73. The standard InChI is InChI=1S/C11H25O4P/c1-7-10(8(2)3)11(6,9(4)5)15-16(12,13)14/h8-10H,7H2,1-6H3,(H2,12,13,14). The monoisotopic (exact) mass is 252 g/mol. The van der Waals surface area contributed by atoms with Gasteiger partial charge in [0.05, 0.1) is 5.60 Å². The molecule has 0 spiro atoms. The molecule has 2 atom stereocenters. The highest BCUT2D eigenvalue weighted by molar-refractivity contribution is 7.46. The van der Waals surface area contributed by atoms with Crippen LogP contribution >= 0.6 is 7.82 Å². The summed E-state index contributed by atoms with van der Waals surface area (Å²) in [7, 11) is -4.45. The van der Waals surface area contributed by atoms with E-state index in [-0.39, 0.29) is 11.8 Å². The zero-order valence-corrected chi connectivity index (χ0v) is 12.0. The predicted molar refractivity (Wildman–Crippen MR) is 65.0 cm³/mol. The van der Waals surface area contributed by atoms with E-state index in [4.69, 9.17) is 14.3 Å². The maximum Gasteiger partial charge on any atom is 0.470 e. The quantitative estimate of drug-likeness (QED) is 0.712. The minimum atomic E-state index is -4.45. The van der Waals surface area contributed by atoms with Gasteiger partial charge in [-0.05, 0) is 24.7 Å². The molecule has 2 N–H and O–H groups in total. The third kappa shape index (κ3) is 4.17. The van der Waals surface area contributed by atoms with Crippen LogP contribution in [0.15, 0.2) is 0 Å². The SMILES string of the molecule is CCC(C(C)C)C(C)(OP(=O)(O)O)C(C)C. The topological polar surface area (TPSA) is 66.8 Å². The molecule has 5 heteroatoms. The minimum absolute atomic E-state index is 0.0486. The van der Waals surface area contributed by atoms with E-state index in [0.29, 0.717) is 5.92 Å². The van der Waals surface area contributed by atoms with E-state index >= 15 is 0 Å². The van der Waals surface area contributed by atoms with E-state index < -0.39 is 13.4 Å². The fourth-order valence-electron chi connectivity index (χ4n) is 2.40. The van der Waals surface area contributed by atoms with Crippen LogP contribution in [0.3, 0.4) is 0 Å². The molecule has 0 heterocycles. The first-order valence-corrected chi connectivity index (χ1v) is 7.34. The second-order valence-corrected chi connectivity index (χ2v) is 6.34. The van der Waals surface area contributed by atoms with Crippen molar-refractivity contribution in [2.45, 2.75) is 53.6 Å². The van der Waals surface area contributed by atoms with Gasteiger partial charge in [0.15, 0.2) is 0 Å². The van der Waals surface area contributed by atoms with E-state index in [1.54, 1.807) is 6.92 Å². The van der Waals surface area contributed by atoms with Crippen molar-refractivity contribution in [1.29, 1.82) is 0 Å². The average Bonchev–Trinajstić information content (AvgIpc) is 2.00. The molecule has 0 amide bonds. The number of phosphoric ester groups is 1. The van der Waals surface area contributed by atoms with Gasteiger partial charge in [-0.2, -0.15) is 0 Å². The first kappa shape index (κ1) is 16.1. The average molecular weight is 252 g/mol. The van der Waals surface area contributed by atoms with Crippen LogP contribution < -0.4 is 0 Å². The summed E-state index contributed by atoms with van der Waals surface area (Å²) in [5.41, 5.74) is -0.790. The Morgan fingerprint density at radius 2 is 1.69 bits per heavy atom. The number of phosphoric acid groups is 1. The second kappa shape index (κ2) is 5.63. The lowest BCUT2D eigenvalue weighted by Gasteiger charge is -2.42. The Kier molecular flexibility index (Phi) is 5.67. The zero-order chi connectivity index (χ0) is 13.1. The molecule has 2 unspecified atom stereocenters. The summed E-state index contributed by atoms with van der Waals surface area (Å²) in [6.07, 6.45) is 0.840. The maximum absolute atomic E-state index is 11.1. The van der Waals surface area contributed by atoms with Crippen LogP contribution in [-0.2, 0) is 9.09 Å². The van der Waals surface area contributed by atoms with Crippen molar-refractivity contribution in [3.05, 3.63) is 0 Å². The highest BCUT2D eigenvalue weighted by atomic mass is 31.2. The number of rotatable bonds is 6. The molecule has 0 saturated heterocycles. The van der Waals surface area contributed by atoms with Gasteiger partial charge in [-0.1, -0.05) is 41.0 Å². The summed E-state index contributed by atoms with van der Waals surface area (Å²) in [4.78, 5) is 18.0. The van der Waals surface area contributed by atoms with Crippen molar-refractivity contribution in [2.24, 2.45) is 17.8 Å². The van der Waals surface area contributed by atoms with Crippen molar-refractivity contribution in [3.63, 3.8) is 0 Å². The lowest BCUT2D eigenvalue weighted by Crippen LogP contribution is -2.44. The largest absolute Gasteiger partial charge is 0.470 e. The molecule has 0 fully saturated rings. The Labute approximate surface area is 98.6 Å². The molecule has 4 nitrogen and oxygen atoms in total. The van der Waals surface area contributed by atoms with Crippen molar-refractivity contribution in [2.75, 3.05) is 0 Å². The number of hydrogen-bond acceptors (Lipinski definition) is 2. The Hall–Kier alpha value is 0.110. The maximum atomic E-state index is 11.1. The normalized spacial score (nSPS) is 18.9. The molecule has 0 aliphatic rings. The summed E-state index contributed by atoms with van der Waals surface area (Å²) in [6, 6.07) is 0. The third-order valence-electron chi connectivity index (χ3n) is 3.44. The fraction of sp³-hybridized carbons (Fsp3) is 1.00. The third-order valence-corrected chi connectivity index (χ3v) is 4.07. The van der Waals surface area contributed by atoms with E-state index in [1.807, 2.05) is 20.8 Å². The fourth-order valence-corrected chi connectivity index (χ4v) is 3.25. The Morgan fingerprint density at radius 3 is 1.88 bits per heavy atom. The number of hydrogen-bond donors (Lipinski definition) is 2.